The molecule has 2 N–H and O–H groups in total. The van der Waals surface area contributed by atoms with Crippen LogP contribution in [0.25, 0.3) is 0 Å². The third-order valence-electron chi connectivity index (χ3n) is 5.87. The Morgan fingerprint density at radius 1 is 1.06 bits per heavy atom. The molecule has 2 aromatic rings. The summed E-state index contributed by atoms with van der Waals surface area (Å²) in [5.41, 5.74) is 3.04. The number of anilines is 1. The molecule has 2 heterocycles. The maximum atomic E-state index is 12.6. The van der Waals surface area contributed by atoms with Crippen molar-refractivity contribution in [2.75, 3.05) is 63.9 Å². The first-order valence-electron chi connectivity index (χ1n) is 11.7. The van der Waals surface area contributed by atoms with Gasteiger partial charge < -0.3 is 29.9 Å². The summed E-state index contributed by atoms with van der Waals surface area (Å²) < 4.78 is 11.7. The first kappa shape index (κ1) is 22.4. The zero-order chi connectivity index (χ0) is 22.2. The van der Waals surface area contributed by atoms with Crippen LogP contribution >= 0.6 is 0 Å². The topological polar surface area (TPSA) is 66.1 Å². The second-order valence-electron chi connectivity index (χ2n) is 8.20. The van der Waals surface area contributed by atoms with E-state index in [1.54, 1.807) is 0 Å². The first-order chi connectivity index (χ1) is 15.8. The van der Waals surface area contributed by atoms with E-state index in [2.05, 4.69) is 28.5 Å². The van der Waals surface area contributed by atoms with Gasteiger partial charge in [0.2, 0.25) is 0 Å². The molecule has 0 atom stereocenters. The lowest BCUT2D eigenvalue weighted by atomic mass is 10.1. The SMILES string of the molecule is CCCN(CCNCc1ccc(C(=O)N2CCNCC2)cc1)c1cccc2c1OCCO2. The monoisotopic (exact) mass is 438 g/mol. The molecular formula is C25H34N4O3. The lowest BCUT2D eigenvalue weighted by molar-refractivity contribution is 0.0736. The van der Waals surface area contributed by atoms with Crippen LogP contribution in [-0.2, 0) is 6.54 Å². The molecule has 7 heteroatoms. The van der Waals surface area contributed by atoms with Gasteiger partial charge in [-0.2, -0.15) is 0 Å². The van der Waals surface area contributed by atoms with Crippen LogP contribution in [0.15, 0.2) is 42.5 Å². The van der Waals surface area contributed by atoms with Gasteiger partial charge in [0.1, 0.15) is 13.2 Å². The number of piperazine rings is 1. The summed E-state index contributed by atoms with van der Waals surface area (Å²) in [5, 5.41) is 6.82. The number of ether oxygens (including phenoxy) is 2. The van der Waals surface area contributed by atoms with Crippen molar-refractivity contribution < 1.29 is 14.3 Å². The van der Waals surface area contributed by atoms with Gasteiger partial charge in [-0.25, -0.2) is 0 Å². The number of carbonyl (C=O) groups is 1. The van der Waals surface area contributed by atoms with Crippen molar-refractivity contribution in [2.45, 2.75) is 19.9 Å². The number of hydrogen-bond donors (Lipinski definition) is 2. The van der Waals surface area contributed by atoms with Crippen molar-refractivity contribution in [3.8, 4) is 11.5 Å². The maximum absolute atomic E-state index is 12.6. The molecule has 2 aliphatic heterocycles. The fourth-order valence-corrected chi connectivity index (χ4v) is 4.19. The summed E-state index contributed by atoms with van der Waals surface area (Å²) in [7, 11) is 0. The summed E-state index contributed by atoms with van der Waals surface area (Å²) >= 11 is 0. The predicted molar refractivity (Wildman–Crippen MR) is 127 cm³/mol. The quantitative estimate of drug-likeness (QED) is 0.587. The van der Waals surface area contributed by atoms with E-state index < -0.39 is 0 Å². The molecule has 7 nitrogen and oxygen atoms in total. The van der Waals surface area contributed by atoms with Gasteiger partial charge in [-0.1, -0.05) is 25.1 Å². The van der Waals surface area contributed by atoms with E-state index in [-0.39, 0.29) is 5.91 Å². The van der Waals surface area contributed by atoms with Gasteiger partial charge in [-0.15, -0.1) is 0 Å². The third-order valence-corrected chi connectivity index (χ3v) is 5.87. The molecule has 0 radical (unpaired) electrons. The Bertz CT molecular complexity index is 881. The van der Waals surface area contributed by atoms with Crippen LogP contribution in [0.3, 0.4) is 0 Å². The lowest BCUT2D eigenvalue weighted by Crippen LogP contribution is -2.46. The Balaban J connectivity index is 1.28. The van der Waals surface area contributed by atoms with Gasteiger partial charge >= 0.3 is 0 Å². The van der Waals surface area contributed by atoms with E-state index in [0.29, 0.717) is 13.2 Å². The minimum Gasteiger partial charge on any atom is -0.486 e. The Labute approximate surface area is 190 Å². The molecule has 1 saturated heterocycles. The molecule has 172 valence electrons. The molecular weight excluding hydrogens is 404 g/mol. The standard InChI is InChI=1S/C25H34N4O3/c1-2-13-28(22-4-3-5-23-24(22)32-18-17-31-23)14-12-27-19-20-6-8-21(9-7-20)25(30)29-15-10-26-11-16-29/h3-9,26-27H,2,10-19H2,1H3. The van der Waals surface area contributed by atoms with Crippen molar-refractivity contribution in [2.24, 2.45) is 0 Å². The van der Waals surface area contributed by atoms with Crippen LogP contribution in [0.1, 0.15) is 29.3 Å². The molecule has 0 bridgehead atoms. The summed E-state index contributed by atoms with van der Waals surface area (Å²) in [4.78, 5) is 16.9. The van der Waals surface area contributed by atoms with Crippen molar-refractivity contribution in [3.63, 3.8) is 0 Å². The van der Waals surface area contributed by atoms with E-state index in [9.17, 15) is 4.79 Å². The Kier molecular flexibility index (Phi) is 7.85. The molecule has 0 aromatic heterocycles. The number of hydrogen-bond acceptors (Lipinski definition) is 6. The van der Waals surface area contributed by atoms with Crippen molar-refractivity contribution in [3.05, 3.63) is 53.6 Å². The number of rotatable bonds is 9. The first-order valence-corrected chi connectivity index (χ1v) is 11.7. The number of nitrogens with one attached hydrogen (secondary N) is 2. The van der Waals surface area contributed by atoms with Gasteiger partial charge in [0, 0.05) is 57.9 Å². The number of fused-ring (bicyclic) bond motifs is 1. The van der Waals surface area contributed by atoms with E-state index in [4.69, 9.17) is 9.47 Å². The second-order valence-corrected chi connectivity index (χ2v) is 8.20. The molecule has 4 rings (SSSR count). The van der Waals surface area contributed by atoms with Crippen LogP contribution in [0, 0.1) is 0 Å². The third kappa shape index (κ3) is 5.53. The Morgan fingerprint density at radius 2 is 1.84 bits per heavy atom. The van der Waals surface area contributed by atoms with Crippen LogP contribution in [0.4, 0.5) is 5.69 Å². The average Bonchev–Trinajstić information content (AvgIpc) is 2.86. The molecule has 2 aliphatic rings. The van der Waals surface area contributed by atoms with Crippen molar-refractivity contribution in [1.82, 2.24) is 15.5 Å². The van der Waals surface area contributed by atoms with Gasteiger partial charge in [-0.3, -0.25) is 4.79 Å². The van der Waals surface area contributed by atoms with Gasteiger partial charge in [0.05, 0.1) is 5.69 Å². The summed E-state index contributed by atoms with van der Waals surface area (Å²) in [6.07, 6.45) is 1.06. The second kappa shape index (κ2) is 11.2. The molecule has 0 unspecified atom stereocenters. The average molecular weight is 439 g/mol. The molecule has 2 aromatic carbocycles. The molecule has 0 aliphatic carbocycles. The van der Waals surface area contributed by atoms with Crippen LogP contribution < -0.4 is 25.0 Å². The number of benzene rings is 2. The minimum absolute atomic E-state index is 0.124. The number of nitrogens with zero attached hydrogens (tertiary/aromatic N) is 2. The van der Waals surface area contributed by atoms with E-state index >= 15 is 0 Å². The van der Waals surface area contributed by atoms with Crippen LogP contribution in [0.5, 0.6) is 11.5 Å². The zero-order valence-electron chi connectivity index (χ0n) is 18.9. The summed E-state index contributed by atoms with van der Waals surface area (Å²) in [5.74, 6) is 1.81. The number of para-hydroxylation sites is 1. The van der Waals surface area contributed by atoms with Crippen molar-refractivity contribution in [1.29, 1.82) is 0 Å². The minimum atomic E-state index is 0.124. The highest BCUT2D eigenvalue weighted by atomic mass is 16.6. The Morgan fingerprint density at radius 3 is 2.62 bits per heavy atom. The van der Waals surface area contributed by atoms with Gasteiger partial charge in [0.15, 0.2) is 11.5 Å². The maximum Gasteiger partial charge on any atom is 0.253 e. The van der Waals surface area contributed by atoms with E-state index in [0.717, 1.165) is 81.5 Å². The zero-order valence-corrected chi connectivity index (χ0v) is 18.9. The molecule has 32 heavy (non-hydrogen) atoms. The highest BCUT2D eigenvalue weighted by molar-refractivity contribution is 5.94. The normalized spacial score (nSPS) is 15.5. The predicted octanol–water partition coefficient (Wildman–Crippen LogP) is 2.51. The molecule has 0 saturated carbocycles. The summed E-state index contributed by atoms with van der Waals surface area (Å²) in [6, 6.07) is 14.1. The summed E-state index contributed by atoms with van der Waals surface area (Å²) in [6.45, 7) is 10.1. The fourth-order valence-electron chi connectivity index (χ4n) is 4.19. The smallest absolute Gasteiger partial charge is 0.253 e. The molecule has 0 spiro atoms. The van der Waals surface area contributed by atoms with Crippen LogP contribution in [-0.4, -0.2) is 69.8 Å². The molecule has 1 amide bonds. The molecule has 1 fully saturated rings. The van der Waals surface area contributed by atoms with Gasteiger partial charge in [-0.05, 0) is 36.2 Å². The van der Waals surface area contributed by atoms with E-state index in [1.807, 2.05) is 41.3 Å². The Hall–Kier alpha value is -2.77. The number of amides is 1. The number of carbonyl (C=O) groups excluding carboxylic acids is 1. The van der Waals surface area contributed by atoms with Crippen LogP contribution in [0.2, 0.25) is 0 Å². The lowest BCUT2D eigenvalue weighted by Gasteiger charge is -2.29. The van der Waals surface area contributed by atoms with Crippen molar-refractivity contribution >= 4 is 11.6 Å². The highest BCUT2D eigenvalue weighted by Gasteiger charge is 2.20. The van der Waals surface area contributed by atoms with E-state index in [1.165, 1.54) is 5.56 Å². The fraction of sp³-hybridized carbons (Fsp3) is 0.480. The highest BCUT2D eigenvalue weighted by Crippen LogP contribution is 2.39. The largest absolute Gasteiger partial charge is 0.486 e. The van der Waals surface area contributed by atoms with Gasteiger partial charge in [0.25, 0.3) is 5.91 Å².